The van der Waals surface area contributed by atoms with Gasteiger partial charge in [-0.05, 0) is 35.9 Å². The number of halogens is 2. The Morgan fingerprint density at radius 3 is 2.50 bits per heavy atom. The van der Waals surface area contributed by atoms with Crippen LogP contribution in [0.3, 0.4) is 0 Å². The average molecular weight is 335 g/mol. The van der Waals surface area contributed by atoms with E-state index in [2.05, 4.69) is 0 Å². The molecule has 20 heavy (non-hydrogen) atoms. The number of carboxylic acids is 1. The lowest BCUT2D eigenvalue weighted by atomic mass is 10.2. The summed E-state index contributed by atoms with van der Waals surface area (Å²) in [6, 6.07) is 6.63. The maximum absolute atomic E-state index is 12.1. The van der Waals surface area contributed by atoms with Gasteiger partial charge in [-0.25, -0.2) is 13.2 Å². The molecule has 1 N–H and O–H groups in total. The second-order valence-electron chi connectivity index (χ2n) is 3.92. The second kappa shape index (κ2) is 5.47. The molecule has 0 aliphatic heterocycles. The van der Waals surface area contributed by atoms with Crippen LogP contribution in [-0.2, 0) is 15.6 Å². The predicted octanol–water partition coefficient (Wildman–Crippen LogP) is 3.26. The van der Waals surface area contributed by atoms with Gasteiger partial charge in [0.2, 0.25) is 20.7 Å². The Bertz CT molecular complexity index is 764. The highest BCUT2D eigenvalue weighted by atomic mass is 35.5. The number of sulfone groups is 1. The van der Waals surface area contributed by atoms with Crippen molar-refractivity contribution in [2.45, 2.75) is 10.8 Å². The Balaban J connectivity index is 2.35. The maximum Gasteiger partial charge on any atom is 0.371 e. The fourth-order valence-electron chi connectivity index (χ4n) is 1.53. The van der Waals surface area contributed by atoms with Crippen molar-refractivity contribution in [3.05, 3.63) is 51.7 Å². The Morgan fingerprint density at radius 2 is 1.90 bits per heavy atom. The van der Waals surface area contributed by atoms with Crippen molar-refractivity contribution in [1.82, 2.24) is 0 Å². The van der Waals surface area contributed by atoms with E-state index >= 15 is 0 Å². The fraction of sp³-hybridized carbons (Fsp3) is 0.0833. The summed E-state index contributed by atoms with van der Waals surface area (Å²) in [6.07, 6.45) is 0. The van der Waals surface area contributed by atoms with Gasteiger partial charge in [-0.3, -0.25) is 0 Å². The van der Waals surface area contributed by atoms with Gasteiger partial charge in [0.05, 0.1) is 5.75 Å². The summed E-state index contributed by atoms with van der Waals surface area (Å²) in [7, 11) is -3.84. The van der Waals surface area contributed by atoms with Gasteiger partial charge >= 0.3 is 5.97 Å². The minimum atomic E-state index is -3.84. The van der Waals surface area contributed by atoms with Crippen LogP contribution in [0.1, 0.15) is 16.1 Å². The fourth-order valence-corrected chi connectivity index (χ4v) is 3.27. The lowest BCUT2D eigenvalue weighted by Gasteiger charge is -2.04. The highest BCUT2D eigenvalue weighted by molar-refractivity contribution is 7.90. The standard InChI is InChI=1S/C12H8Cl2O5S/c13-8-1-2-9(14)7(5-8)6-20(17,18)11-4-3-10(19-11)12(15)16/h1-5H,6H2,(H,15,16). The van der Waals surface area contributed by atoms with Crippen molar-refractivity contribution >= 4 is 39.0 Å². The molecule has 0 saturated heterocycles. The zero-order valence-electron chi connectivity index (χ0n) is 9.84. The SMILES string of the molecule is O=C(O)c1ccc(S(=O)(=O)Cc2cc(Cl)ccc2Cl)o1. The molecule has 8 heteroatoms. The summed E-state index contributed by atoms with van der Waals surface area (Å²) >= 11 is 11.7. The number of rotatable bonds is 4. The first-order valence-corrected chi connectivity index (χ1v) is 7.70. The molecule has 0 aliphatic rings. The van der Waals surface area contributed by atoms with Crippen LogP contribution >= 0.6 is 23.2 Å². The first-order chi connectivity index (χ1) is 9.29. The molecule has 0 spiro atoms. The quantitative estimate of drug-likeness (QED) is 0.927. The summed E-state index contributed by atoms with van der Waals surface area (Å²) < 4.78 is 29.0. The molecule has 0 radical (unpaired) electrons. The van der Waals surface area contributed by atoms with Crippen LogP contribution < -0.4 is 0 Å². The van der Waals surface area contributed by atoms with Crippen LogP contribution in [0.5, 0.6) is 0 Å². The molecule has 2 rings (SSSR count). The lowest BCUT2D eigenvalue weighted by molar-refractivity contribution is 0.0656. The summed E-state index contributed by atoms with van der Waals surface area (Å²) in [6.45, 7) is 0. The average Bonchev–Trinajstić information content (AvgIpc) is 2.84. The Morgan fingerprint density at radius 1 is 1.20 bits per heavy atom. The first-order valence-electron chi connectivity index (χ1n) is 5.29. The zero-order chi connectivity index (χ0) is 14.9. The molecule has 2 aromatic rings. The van der Waals surface area contributed by atoms with Gasteiger partial charge in [0.25, 0.3) is 0 Å². The van der Waals surface area contributed by atoms with Gasteiger partial charge in [0.15, 0.2) is 0 Å². The third kappa shape index (κ3) is 3.15. The number of carboxylic acid groups (broad SMARTS) is 1. The van der Waals surface area contributed by atoms with Crippen LogP contribution in [0.15, 0.2) is 39.8 Å². The number of benzene rings is 1. The second-order valence-corrected chi connectivity index (χ2v) is 6.68. The molecular formula is C12H8Cl2O5S. The molecule has 0 amide bonds. The molecule has 0 atom stereocenters. The van der Waals surface area contributed by atoms with Crippen LogP contribution in [0.4, 0.5) is 0 Å². The number of aromatic carboxylic acids is 1. The molecule has 0 saturated carbocycles. The smallest absolute Gasteiger partial charge is 0.371 e. The summed E-state index contributed by atoms with van der Waals surface area (Å²) in [5.41, 5.74) is 0.312. The van der Waals surface area contributed by atoms with Crippen LogP contribution in [0.2, 0.25) is 10.0 Å². The van der Waals surface area contributed by atoms with Crippen LogP contribution in [-0.4, -0.2) is 19.5 Å². The van der Waals surface area contributed by atoms with E-state index < -0.39 is 32.4 Å². The predicted molar refractivity (Wildman–Crippen MR) is 73.0 cm³/mol. The molecular weight excluding hydrogens is 327 g/mol. The zero-order valence-corrected chi connectivity index (χ0v) is 12.2. The topological polar surface area (TPSA) is 84.6 Å². The Hall–Kier alpha value is -1.50. The van der Waals surface area contributed by atoms with Crippen molar-refractivity contribution < 1.29 is 22.7 Å². The molecule has 0 fully saturated rings. The van der Waals surface area contributed by atoms with E-state index in [9.17, 15) is 13.2 Å². The van der Waals surface area contributed by atoms with Gasteiger partial charge in [0, 0.05) is 10.0 Å². The van der Waals surface area contributed by atoms with E-state index in [-0.39, 0.29) is 5.02 Å². The Labute approximate surface area is 124 Å². The number of hydrogen-bond acceptors (Lipinski definition) is 4. The molecule has 0 bridgehead atoms. The van der Waals surface area contributed by atoms with E-state index in [1.54, 1.807) is 0 Å². The normalized spacial score (nSPS) is 11.5. The summed E-state index contributed by atoms with van der Waals surface area (Å²) in [4.78, 5) is 10.7. The van der Waals surface area contributed by atoms with E-state index in [0.717, 1.165) is 12.1 Å². The van der Waals surface area contributed by atoms with Gasteiger partial charge in [-0.2, -0.15) is 0 Å². The van der Waals surface area contributed by atoms with E-state index in [4.69, 9.17) is 32.7 Å². The molecule has 0 unspecified atom stereocenters. The van der Waals surface area contributed by atoms with Crippen molar-refractivity contribution in [3.8, 4) is 0 Å². The monoisotopic (exact) mass is 334 g/mol. The molecule has 5 nitrogen and oxygen atoms in total. The molecule has 1 aromatic carbocycles. The third-order valence-electron chi connectivity index (χ3n) is 2.45. The first kappa shape index (κ1) is 14.9. The molecule has 1 aromatic heterocycles. The molecule has 0 aliphatic carbocycles. The van der Waals surface area contributed by atoms with Crippen molar-refractivity contribution in [3.63, 3.8) is 0 Å². The van der Waals surface area contributed by atoms with Crippen LogP contribution in [0, 0.1) is 0 Å². The minimum absolute atomic E-state index is 0.253. The van der Waals surface area contributed by atoms with E-state index in [1.165, 1.54) is 18.2 Å². The van der Waals surface area contributed by atoms with Crippen LogP contribution in [0.25, 0.3) is 0 Å². The third-order valence-corrected chi connectivity index (χ3v) is 4.58. The summed E-state index contributed by atoms with van der Waals surface area (Å²) in [5.74, 6) is -2.22. The highest BCUT2D eigenvalue weighted by Crippen LogP contribution is 2.26. The number of furan rings is 1. The Kier molecular flexibility index (Phi) is 4.08. The molecule has 106 valence electrons. The summed E-state index contributed by atoms with van der Waals surface area (Å²) in [5, 5.41) is 8.89. The van der Waals surface area contributed by atoms with E-state index in [1.807, 2.05) is 0 Å². The highest BCUT2D eigenvalue weighted by Gasteiger charge is 2.22. The van der Waals surface area contributed by atoms with Crippen molar-refractivity contribution in [2.24, 2.45) is 0 Å². The molecule has 1 heterocycles. The van der Waals surface area contributed by atoms with E-state index in [0.29, 0.717) is 10.6 Å². The minimum Gasteiger partial charge on any atom is -0.475 e. The number of hydrogen-bond donors (Lipinski definition) is 1. The number of carbonyl (C=O) groups is 1. The van der Waals surface area contributed by atoms with Gasteiger partial charge in [0.1, 0.15) is 0 Å². The van der Waals surface area contributed by atoms with Gasteiger partial charge in [-0.15, -0.1) is 0 Å². The van der Waals surface area contributed by atoms with Gasteiger partial charge < -0.3 is 9.52 Å². The van der Waals surface area contributed by atoms with Crippen molar-refractivity contribution in [2.75, 3.05) is 0 Å². The largest absolute Gasteiger partial charge is 0.475 e. The van der Waals surface area contributed by atoms with Crippen molar-refractivity contribution in [1.29, 1.82) is 0 Å². The lowest BCUT2D eigenvalue weighted by Crippen LogP contribution is -2.04. The van der Waals surface area contributed by atoms with Gasteiger partial charge in [-0.1, -0.05) is 23.2 Å². The maximum atomic E-state index is 12.1.